The Morgan fingerprint density at radius 2 is 1.84 bits per heavy atom. The molecule has 3 aromatic rings. The number of aryl methyl sites for hydroxylation is 2. The summed E-state index contributed by atoms with van der Waals surface area (Å²) in [5.41, 5.74) is 6.20. The average Bonchev–Trinajstić information content (AvgIpc) is 2.91. The molecule has 2 aliphatic rings. The number of hydrogen-bond acceptors (Lipinski definition) is 5. The minimum atomic E-state index is 0.0776. The zero-order valence-corrected chi connectivity index (χ0v) is 18.8. The summed E-state index contributed by atoms with van der Waals surface area (Å²) in [5, 5.41) is 0.580. The van der Waals surface area contributed by atoms with E-state index in [1.54, 1.807) is 0 Å². The van der Waals surface area contributed by atoms with Crippen molar-refractivity contribution in [3.05, 3.63) is 52.4 Å². The maximum atomic E-state index is 6.58. The van der Waals surface area contributed by atoms with Gasteiger partial charge in [0.15, 0.2) is 0 Å². The van der Waals surface area contributed by atoms with Crippen molar-refractivity contribution in [2.75, 3.05) is 19.8 Å². The van der Waals surface area contributed by atoms with Crippen molar-refractivity contribution in [1.29, 1.82) is 0 Å². The Morgan fingerprint density at radius 3 is 2.52 bits per heavy atom. The molecule has 0 bridgehead atoms. The second-order valence-electron chi connectivity index (χ2n) is 8.33. The molecule has 0 unspecified atom stereocenters. The van der Waals surface area contributed by atoms with Gasteiger partial charge in [-0.3, -0.25) is 4.98 Å². The lowest BCUT2D eigenvalue weighted by Gasteiger charge is -2.27. The Bertz CT molecular complexity index is 1100. The Kier molecular flexibility index (Phi) is 5.46. The van der Waals surface area contributed by atoms with E-state index in [-0.39, 0.29) is 12.2 Å². The standard InChI is InChI=1S/C24H26ClN3O3/c1-14-8-18(9-15(2)26-14)23-21-6-7-30-16(3)11-28(21)24(27-23)17-4-5-22(20(25)10-17)31-19-12-29-13-19/h4-5,8-10,16,19H,6-7,11-13H2,1-3H3/t16-/m1/s1. The summed E-state index contributed by atoms with van der Waals surface area (Å²) in [7, 11) is 0. The van der Waals surface area contributed by atoms with Crippen LogP contribution in [0.4, 0.5) is 0 Å². The minimum absolute atomic E-state index is 0.0776. The third-order valence-electron chi connectivity index (χ3n) is 5.70. The molecule has 1 atom stereocenters. The lowest BCUT2D eigenvalue weighted by molar-refractivity contribution is -0.0796. The third kappa shape index (κ3) is 4.07. The van der Waals surface area contributed by atoms with Gasteiger partial charge in [0.05, 0.1) is 43.2 Å². The van der Waals surface area contributed by atoms with Gasteiger partial charge in [0.2, 0.25) is 0 Å². The van der Waals surface area contributed by atoms with Crippen LogP contribution in [0.3, 0.4) is 0 Å². The van der Waals surface area contributed by atoms with Crippen LogP contribution in [0.5, 0.6) is 5.75 Å². The summed E-state index contributed by atoms with van der Waals surface area (Å²) >= 11 is 6.58. The fourth-order valence-corrected chi connectivity index (χ4v) is 4.45. The van der Waals surface area contributed by atoms with Crippen LogP contribution in [-0.2, 0) is 22.4 Å². The van der Waals surface area contributed by atoms with Crippen molar-refractivity contribution in [3.63, 3.8) is 0 Å². The molecule has 0 N–H and O–H groups in total. The highest BCUT2D eigenvalue weighted by molar-refractivity contribution is 6.32. The molecular weight excluding hydrogens is 414 g/mol. The number of aromatic nitrogens is 3. The first-order valence-electron chi connectivity index (χ1n) is 10.7. The van der Waals surface area contributed by atoms with E-state index in [0.29, 0.717) is 30.6 Å². The molecule has 6 nitrogen and oxygen atoms in total. The first-order chi connectivity index (χ1) is 15.0. The van der Waals surface area contributed by atoms with Crippen molar-refractivity contribution in [3.8, 4) is 28.4 Å². The first-order valence-corrected chi connectivity index (χ1v) is 11.1. The lowest BCUT2D eigenvalue weighted by Crippen LogP contribution is -2.38. The van der Waals surface area contributed by atoms with Gasteiger partial charge >= 0.3 is 0 Å². The summed E-state index contributed by atoms with van der Waals surface area (Å²) in [6.07, 6.45) is 0.998. The molecule has 31 heavy (non-hydrogen) atoms. The highest BCUT2D eigenvalue weighted by Crippen LogP contribution is 2.36. The van der Waals surface area contributed by atoms with Crippen LogP contribution in [-0.4, -0.2) is 46.6 Å². The molecule has 0 saturated carbocycles. The zero-order chi connectivity index (χ0) is 21.5. The van der Waals surface area contributed by atoms with E-state index >= 15 is 0 Å². The van der Waals surface area contributed by atoms with Gasteiger partial charge in [-0.25, -0.2) is 4.98 Å². The van der Waals surface area contributed by atoms with Crippen LogP contribution >= 0.6 is 11.6 Å². The smallest absolute Gasteiger partial charge is 0.145 e. The Hall–Kier alpha value is -2.41. The van der Waals surface area contributed by atoms with Gasteiger partial charge in [0.1, 0.15) is 17.7 Å². The molecule has 1 aromatic carbocycles. The Morgan fingerprint density at radius 1 is 1.06 bits per heavy atom. The van der Waals surface area contributed by atoms with Crippen LogP contribution < -0.4 is 4.74 Å². The van der Waals surface area contributed by atoms with Crippen molar-refractivity contribution in [2.24, 2.45) is 0 Å². The maximum absolute atomic E-state index is 6.58. The molecule has 0 aliphatic carbocycles. The summed E-state index contributed by atoms with van der Waals surface area (Å²) in [5.74, 6) is 1.58. The number of nitrogens with zero attached hydrogens (tertiary/aromatic N) is 3. The second kappa shape index (κ2) is 8.26. The van der Waals surface area contributed by atoms with Crippen LogP contribution in [0.25, 0.3) is 22.6 Å². The van der Waals surface area contributed by atoms with E-state index < -0.39 is 0 Å². The first kappa shape index (κ1) is 20.5. The molecule has 4 heterocycles. The SMILES string of the molecule is Cc1cc(-c2nc(-c3ccc(OC4COC4)c(Cl)c3)n3c2CCO[C@H](C)C3)cc(C)n1. The van der Waals surface area contributed by atoms with E-state index in [4.69, 9.17) is 30.8 Å². The molecule has 0 radical (unpaired) electrons. The topological polar surface area (TPSA) is 58.4 Å². The normalized spacial score (nSPS) is 18.9. The number of ether oxygens (including phenoxy) is 3. The minimum Gasteiger partial charge on any atom is -0.484 e. The highest BCUT2D eigenvalue weighted by Gasteiger charge is 2.25. The van der Waals surface area contributed by atoms with Crippen molar-refractivity contribution in [1.82, 2.24) is 14.5 Å². The van der Waals surface area contributed by atoms with Gasteiger partial charge in [0.25, 0.3) is 0 Å². The molecule has 162 valence electrons. The quantitative estimate of drug-likeness (QED) is 0.593. The van der Waals surface area contributed by atoms with Gasteiger partial charge in [-0.1, -0.05) is 11.6 Å². The summed E-state index contributed by atoms with van der Waals surface area (Å²) < 4.78 is 19.3. The van der Waals surface area contributed by atoms with Gasteiger partial charge in [-0.15, -0.1) is 0 Å². The molecule has 0 amide bonds. The molecule has 2 aliphatic heterocycles. The van der Waals surface area contributed by atoms with E-state index in [1.807, 2.05) is 32.0 Å². The van der Waals surface area contributed by atoms with E-state index in [9.17, 15) is 0 Å². The second-order valence-corrected chi connectivity index (χ2v) is 8.74. The van der Waals surface area contributed by atoms with E-state index in [2.05, 4.69) is 28.6 Å². The predicted octanol–water partition coefficient (Wildman–Crippen LogP) is 4.62. The Balaban J connectivity index is 1.60. The number of fused-ring (bicyclic) bond motifs is 1. The van der Waals surface area contributed by atoms with Gasteiger partial charge in [-0.2, -0.15) is 0 Å². The van der Waals surface area contributed by atoms with Crippen LogP contribution in [0.2, 0.25) is 5.02 Å². The van der Waals surface area contributed by atoms with Crippen LogP contribution in [0.1, 0.15) is 24.0 Å². The molecule has 7 heteroatoms. The fourth-order valence-electron chi connectivity index (χ4n) is 4.22. The van der Waals surface area contributed by atoms with E-state index in [0.717, 1.165) is 47.0 Å². The number of rotatable bonds is 4. The van der Waals surface area contributed by atoms with Gasteiger partial charge in [-0.05, 0) is 51.1 Å². The molecule has 0 spiro atoms. The molecule has 2 aromatic heterocycles. The number of benzene rings is 1. The van der Waals surface area contributed by atoms with Crippen molar-refractivity contribution in [2.45, 2.75) is 45.9 Å². The number of imidazole rings is 1. The van der Waals surface area contributed by atoms with Crippen molar-refractivity contribution < 1.29 is 14.2 Å². The molecule has 1 fully saturated rings. The summed E-state index contributed by atoms with van der Waals surface area (Å²) in [6, 6.07) is 10.1. The zero-order valence-electron chi connectivity index (χ0n) is 18.0. The van der Waals surface area contributed by atoms with Gasteiger partial charge in [0, 0.05) is 34.6 Å². The highest BCUT2D eigenvalue weighted by atomic mass is 35.5. The van der Waals surface area contributed by atoms with Gasteiger partial charge < -0.3 is 18.8 Å². The Labute approximate surface area is 187 Å². The van der Waals surface area contributed by atoms with E-state index in [1.165, 1.54) is 5.69 Å². The number of hydrogen-bond donors (Lipinski definition) is 0. The predicted molar refractivity (Wildman–Crippen MR) is 120 cm³/mol. The largest absolute Gasteiger partial charge is 0.484 e. The molecular formula is C24H26ClN3O3. The van der Waals surface area contributed by atoms with Crippen molar-refractivity contribution >= 4 is 11.6 Å². The molecule has 1 saturated heterocycles. The summed E-state index contributed by atoms with van der Waals surface area (Å²) in [4.78, 5) is 9.63. The molecule has 5 rings (SSSR count). The number of pyridine rings is 1. The fraction of sp³-hybridized carbons (Fsp3) is 0.417. The number of halogens is 1. The van der Waals surface area contributed by atoms with Crippen LogP contribution in [0, 0.1) is 13.8 Å². The average molecular weight is 440 g/mol. The lowest BCUT2D eigenvalue weighted by atomic mass is 10.1. The summed E-state index contributed by atoms with van der Waals surface area (Å²) in [6.45, 7) is 8.78. The van der Waals surface area contributed by atoms with Crippen LogP contribution in [0.15, 0.2) is 30.3 Å². The monoisotopic (exact) mass is 439 g/mol. The third-order valence-corrected chi connectivity index (χ3v) is 5.99. The maximum Gasteiger partial charge on any atom is 0.145 e.